The zero-order valence-electron chi connectivity index (χ0n) is 16.1. The molecule has 6 heteroatoms. The third kappa shape index (κ3) is 3.82. The van der Waals surface area contributed by atoms with Gasteiger partial charge in [-0.3, -0.25) is 9.59 Å². The van der Waals surface area contributed by atoms with Crippen molar-refractivity contribution in [1.29, 1.82) is 0 Å². The third-order valence-corrected chi connectivity index (χ3v) is 6.66. The summed E-state index contributed by atoms with van der Waals surface area (Å²) in [4.78, 5) is 28.8. The van der Waals surface area contributed by atoms with E-state index < -0.39 is 5.91 Å². The molecule has 0 spiro atoms. The summed E-state index contributed by atoms with van der Waals surface area (Å²) < 4.78 is 0. The molecule has 5 nitrogen and oxygen atoms in total. The Kier molecular flexibility index (Phi) is 5.74. The molecule has 1 atom stereocenters. The first-order valence-electron chi connectivity index (χ1n) is 9.93. The first-order valence-corrected chi connectivity index (χ1v) is 10.7. The molecule has 1 heterocycles. The number of fused-ring (bicyclic) bond motifs is 1. The number of nitrogens with zero attached hydrogens (tertiary/aromatic N) is 1. The Morgan fingerprint density at radius 2 is 1.97 bits per heavy atom. The van der Waals surface area contributed by atoms with Gasteiger partial charge in [0.05, 0.1) is 11.6 Å². The largest absolute Gasteiger partial charge is 0.396 e. The molecule has 4 rings (SSSR count). The van der Waals surface area contributed by atoms with Crippen molar-refractivity contribution in [3.8, 4) is 0 Å². The maximum Gasteiger partial charge on any atom is 0.254 e. The number of amides is 2. The van der Waals surface area contributed by atoms with Crippen molar-refractivity contribution in [2.45, 2.75) is 47.9 Å². The van der Waals surface area contributed by atoms with Gasteiger partial charge in [-0.05, 0) is 55.2 Å². The van der Waals surface area contributed by atoms with Crippen molar-refractivity contribution >= 4 is 29.3 Å². The maximum atomic E-state index is 13.2. The van der Waals surface area contributed by atoms with E-state index in [4.69, 9.17) is 5.73 Å². The lowest BCUT2D eigenvalue weighted by Gasteiger charge is -2.30. The maximum absolute atomic E-state index is 13.2. The lowest BCUT2D eigenvalue weighted by atomic mass is 9.88. The topological polar surface area (TPSA) is 83.6 Å². The number of hydrogen-bond donors (Lipinski definition) is 2. The van der Waals surface area contributed by atoms with Crippen LogP contribution >= 0.6 is 11.8 Å². The van der Waals surface area contributed by atoms with E-state index in [1.807, 2.05) is 41.3 Å². The summed E-state index contributed by atoms with van der Waals surface area (Å²) >= 11 is 1.46. The average molecular weight is 409 g/mol. The quantitative estimate of drug-likeness (QED) is 0.759. The smallest absolute Gasteiger partial charge is 0.254 e. The Hall–Kier alpha value is -2.57. The Morgan fingerprint density at radius 3 is 2.69 bits per heavy atom. The molecule has 1 unspecified atom stereocenters. The summed E-state index contributed by atoms with van der Waals surface area (Å²) in [5.41, 5.74) is 8.75. The van der Waals surface area contributed by atoms with Crippen LogP contribution in [-0.4, -0.2) is 29.6 Å². The molecule has 0 aromatic heterocycles. The summed E-state index contributed by atoms with van der Waals surface area (Å²) in [5.74, 6) is -0.511. The van der Waals surface area contributed by atoms with Crippen LogP contribution in [0.4, 0.5) is 5.69 Å². The SMILES string of the molecule is NC(=O)c1ccc(N2C(=O)C(CCO)=C3CCCCC32)cc1Sc1ccccc1. The molecule has 0 bridgehead atoms. The van der Waals surface area contributed by atoms with Crippen LogP contribution in [0.25, 0.3) is 0 Å². The highest BCUT2D eigenvalue weighted by molar-refractivity contribution is 7.99. The number of primary amides is 1. The molecule has 1 aliphatic carbocycles. The Labute approximate surface area is 174 Å². The van der Waals surface area contributed by atoms with Gasteiger partial charge in [-0.1, -0.05) is 36.4 Å². The van der Waals surface area contributed by atoms with Gasteiger partial charge in [-0.15, -0.1) is 0 Å². The summed E-state index contributed by atoms with van der Waals surface area (Å²) in [5, 5.41) is 9.44. The first kappa shape index (κ1) is 19.7. The summed E-state index contributed by atoms with van der Waals surface area (Å²) in [7, 11) is 0. The Bertz CT molecular complexity index is 971. The van der Waals surface area contributed by atoms with Crippen LogP contribution in [0.15, 0.2) is 69.5 Å². The second-order valence-corrected chi connectivity index (χ2v) is 8.49. The molecule has 0 saturated heterocycles. The van der Waals surface area contributed by atoms with Gasteiger partial charge in [-0.2, -0.15) is 0 Å². The van der Waals surface area contributed by atoms with Crippen LogP contribution in [0.5, 0.6) is 0 Å². The summed E-state index contributed by atoms with van der Waals surface area (Å²) in [6.07, 6.45) is 4.39. The van der Waals surface area contributed by atoms with Gasteiger partial charge in [0.25, 0.3) is 5.91 Å². The van der Waals surface area contributed by atoms with Gasteiger partial charge in [0, 0.05) is 34.1 Å². The number of benzene rings is 2. The fraction of sp³-hybridized carbons (Fsp3) is 0.304. The van der Waals surface area contributed by atoms with Gasteiger partial charge in [-0.25, -0.2) is 0 Å². The van der Waals surface area contributed by atoms with Crippen molar-refractivity contribution < 1.29 is 14.7 Å². The lowest BCUT2D eigenvalue weighted by Crippen LogP contribution is -2.37. The zero-order chi connectivity index (χ0) is 20.4. The molecule has 2 aromatic rings. The molecule has 2 aromatic carbocycles. The minimum Gasteiger partial charge on any atom is -0.396 e. The third-order valence-electron chi connectivity index (χ3n) is 5.59. The molecule has 2 amide bonds. The molecule has 0 radical (unpaired) electrons. The van der Waals surface area contributed by atoms with Crippen LogP contribution < -0.4 is 10.6 Å². The van der Waals surface area contributed by atoms with Crippen molar-refractivity contribution in [3.63, 3.8) is 0 Å². The van der Waals surface area contributed by atoms with E-state index in [2.05, 4.69) is 0 Å². The number of rotatable bonds is 6. The molecule has 1 aliphatic heterocycles. The van der Waals surface area contributed by atoms with Crippen LogP contribution in [-0.2, 0) is 4.79 Å². The van der Waals surface area contributed by atoms with Crippen LogP contribution in [0.3, 0.4) is 0 Å². The van der Waals surface area contributed by atoms with E-state index in [0.717, 1.165) is 46.7 Å². The fourth-order valence-electron chi connectivity index (χ4n) is 4.30. The number of aliphatic hydroxyl groups excluding tert-OH is 1. The average Bonchev–Trinajstić information content (AvgIpc) is 3.00. The number of aliphatic hydroxyl groups is 1. The highest BCUT2D eigenvalue weighted by atomic mass is 32.2. The van der Waals surface area contributed by atoms with E-state index in [1.54, 1.807) is 12.1 Å². The molecule has 29 heavy (non-hydrogen) atoms. The van der Waals surface area contributed by atoms with E-state index in [1.165, 1.54) is 17.3 Å². The van der Waals surface area contributed by atoms with Crippen LogP contribution in [0.2, 0.25) is 0 Å². The van der Waals surface area contributed by atoms with E-state index in [-0.39, 0.29) is 18.6 Å². The molecule has 1 fully saturated rings. The van der Waals surface area contributed by atoms with Gasteiger partial charge < -0.3 is 15.7 Å². The highest BCUT2D eigenvalue weighted by Crippen LogP contribution is 2.42. The monoisotopic (exact) mass is 408 g/mol. The van der Waals surface area contributed by atoms with Crippen molar-refractivity contribution in [2.24, 2.45) is 5.73 Å². The summed E-state index contributed by atoms with van der Waals surface area (Å²) in [6.45, 7) is -0.0269. The second-order valence-electron chi connectivity index (χ2n) is 7.37. The van der Waals surface area contributed by atoms with Gasteiger partial charge >= 0.3 is 0 Å². The minimum atomic E-state index is -0.486. The molecule has 3 N–H and O–H groups in total. The molecule has 150 valence electrons. The highest BCUT2D eigenvalue weighted by Gasteiger charge is 2.40. The fourth-order valence-corrected chi connectivity index (χ4v) is 5.30. The van der Waals surface area contributed by atoms with Crippen molar-refractivity contribution in [1.82, 2.24) is 0 Å². The van der Waals surface area contributed by atoms with Gasteiger partial charge in [0.15, 0.2) is 0 Å². The van der Waals surface area contributed by atoms with E-state index >= 15 is 0 Å². The van der Waals surface area contributed by atoms with Crippen molar-refractivity contribution in [3.05, 3.63) is 65.2 Å². The normalized spacial score (nSPS) is 18.9. The van der Waals surface area contributed by atoms with Gasteiger partial charge in [0.2, 0.25) is 5.91 Å². The summed E-state index contributed by atoms with van der Waals surface area (Å²) in [6, 6.07) is 15.2. The molecular formula is C23H24N2O3S. The minimum absolute atomic E-state index is 0.0246. The Morgan fingerprint density at radius 1 is 1.17 bits per heavy atom. The number of carbonyl (C=O) groups excluding carboxylic acids is 2. The Balaban J connectivity index is 1.72. The number of carbonyl (C=O) groups is 2. The standard InChI is InChI=1S/C23H24N2O3S/c24-22(27)19-11-10-15(14-21(19)29-16-6-2-1-3-7-16)25-20-9-5-4-8-17(20)18(12-13-26)23(25)28/h1-3,6-7,10-11,14,20,26H,4-5,8-9,12-13H2,(H2,24,27). The lowest BCUT2D eigenvalue weighted by molar-refractivity contribution is -0.115. The number of nitrogens with two attached hydrogens (primary N) is 1. The van der Waals surface area contributed by atoms with E-state index in [0.29, 0.717) is 12.0 Å². The first-order chi connectivity index (χ1) is 14.1. The van der Waals surface area contributed by atoms with Crippen molar-refractivity contribution in [2.75, 3.05) is 11.5 Å². The van der Waals surface area contributed by atoms with Gasteiger partial charge in [0.1, 0.15) is 0 Å². The van der Waals surface area contributed by atoms with Crippen LogP contribution in [0.1, 0.15) is 42.5 Å². The second kappa shape index (κ2) is 8.43. The predicted octanol–water partition coefficient (Wildman–Crippen LogP) is 3.90. The number of anilines is 1. The van der Waals surface area contributed by atoms with Crippen LogP contribution in [0, 0.1) is 0 Å². The molecule has 2 aliphatic rings. The predicted molar refractivity (Wildman–Crippen MR) is 114 cm³/mol. The number of hydrogen-bond acceptors (Lipinski definition) is 4. The zero-order valence-corrected chi connectivity index (χ0v) is 17.0. The van der Waals surface area contributed by atoms with E-state index in [9.17, 15) is 14.7 Å². The molecular weight excluding hydrogens is 384 g/mol. The molecule has 1 saturated carbocycles.